The number of nitrogens with one attached hydrogen (secondary N) is 3. The van der Waals surface area contributed by atoms with Gasteiger partial charge in [-0.1, -0.05) is 30.7 Å². The number of hydrogen-bond acceptors (Lipinski definition) is 7. The van der Waals surface area contributed by atoms with E-state index < -0.39 is 15.9 Å². The van der Waals surface area contributed by atoms with Crippen LogP contribution in [0.5, 0.6) is 0 Å². The van der Waals surface area contributed by atoms with Crippen LogP contribution in [-0.4, -0.2) is 31.0 Å². The molecule has 1 aliphatic rings. The number of hydrogen-bond donors (Lipinski definition) is 3. The summed E-state index contributed by atoms with van der Waals surface area (Å²) in [6.07, 6.45) is 5.53. The van der Waals surface area contributed by atoms with Crippen LogP contribution in [0.25, 0.3) is 6.08 Å². The van der Waals surface area contributed by atoms with Crippen LogP contribution in [0.15, 0.2) is 36.5 Å². The fourth-order valence-electron chi connectivity index (χ4n) is 3.11. The molecule has 3 N–H and O–H groups in total. The number of carbonyl (C=O) groups is 1. The number of aldehydes is 1. The van der Waals surface area contributed by atoms with Gasteiger partial charge in [0.1, 0.15) is 28.3 Å². The third-order valence-corrected chi connectivity index (χ3v) is 5.98. The molecule has 0 saturated carbocycles. The summed E-state index contributed by atoms with van der Waals surface area (Å²) in [7, 11) is -3.47. The smallest absolute Gasteiger partial charge is 0.188 e. The maximum absolute atomic E-state index is 11.5. The second kappa shape index (κ2) is 8.34. The number of anilines is 2. The van der Waals surface area contributed by atoms with Gasteiger partial charge in [-0.05, 0) is 47.5 Å². The lowest BCUT2D eigenvalue weighted by Gasteiger charge is -2.22. The Bertz CT molecular complexity index is 1080. The molecule has 2 unspecified atom stereocenters. The monoisotopic (exact) mass is 432 g/mol. The maximum Gasteiger partial charge on any atom is 0.188 e. The number of aromatic nitrogens is 1. The van der Waals surface area contributed by atoms with Gasteiger partial charge in [-0.25, -0.2) is 13.4 Å². The molecule has 7 nitrogen and oxygen atoms in total. The molecule has 2 atom stereocenters. The first-order valence-electron chi connectivity index (χ1n) is 8.92. The first-order chi connectivity index (χ1) is 13.7. The SMILES string of the molecule is CC(CC(=N)S(C)(=O)=O)c1ccc(Nc2nc(Cl)cc3c2C(C=O)NC=C3)cc1. The number of carbonyl (C=O) groups excluding carboxylic acids is 1. The molecule has 0 spiro atoms. The fourth-order valence-corrected chi connectivity index (χ4v) is 3.87. The normalized spacial score (nSPS) is 16.4. The highest BCUT2D eigenvalue weighted by atomic mass is 35.5. The van der Waals surface area contributed by atoms with Gasteiger partial charge >= 0.3 is 0 Å². The fraction of sp³-hybridized carbons (Fsp3) is 0.250. The van der Waals surface area contributed by atoms with Crippen molar-refractivity contribution in [2.24, 2.45) is 0 Å². The molecule has 2 aromatic rings. The minimum Gasteiger partial charge on any atom is -0.378 e. The first kappa shape index (κ1) is 21.0. The summed E-state index contributed by atoms with van der Waals surface area (Å²) in [4.78, 5) is 15.8. The molecule has 0 fully saturated rings. The second-order valence-electron chi connectivity index (χ2n) is 6.96. The molecular formula is C20H21ClN4O3S. The summed E-state index contributed by atoms with van der Waals surface area (Å²) >= 11 is 6.13. The molecule has 9 heteroatoms. The predicted molar refractivity (Wildman–Crippen MR) is 116 cm³/mol. The van der Waals surface area contributed by atoms with Gasteiger partial charge in [0.2, 0.25) is 0 Å². The average Bonchev–Trinajstić information content (AvgIpc) is 2.66. The largest absolute Gasteiger partial charge is 0.378 e. The Kier molecular flexibility index (Phi) is 6.04. The molecule has 0 aliphatic carbocycles. The quantitative estimate of drug-likeness (QED) is 0.277. The zero-order chi connectivity index (χ0) is 21.2. The van der Waals surface area contributed by atoms with Crippen LogP contribution in [0.3, 0.4) is 0 Å². The van der Waals surface area contributed by atoms with Crippen LogP contribution in [0.1, 0.15) is 42.0 Å². The van der Waals surface area contributed by atoms with Crippen molar-refractivity contribution in [3.05, 3.63) is 58.4 Å². The highest BCUT2D eigenvalue weighted by Crippen LogP contribution is 2.32. The van der Waals surface area contributed by atoms with Crippen molar-refractivity contribution in [1.82, 2.24) is 10.3 Å². The number of nitrogens with zero attached hydrogens (tertiary/aromatic N) is 1. The zero-order valence-corrected chi connectivity index (χ0v) is 17.5. The Labute approximate surface area is 174 Å². The van der Waals surface area contributed by atoms with Crippen LogP contribution < -0.4 is 10.6 Å². The molecule has 0 radical (unpaired) electrons. The standard InChI is InChI=1S/C20H21ClN4O3S/c1-12(9-18(22)29(2,27)28)13-3-5-15(6-4-13)24-20-19-14(10-17(21)25-20)7-8-23-16(19)11-26/h3-8,10-12,16,22-23H,9H2,1-2H3,(H,24,25). The highest BCUT2D eigenvalue weighted by molar-refractivity contribution is 8.05. The van der Waals surface area contributed by atoms with Crippen molar-refractivity contribution in [3.63, 3.8) is 0 Å². The highest BCUT2D eigenvalue weighted by Gasteiger charge is 2.22. The lowest BCUT2D eigenvalue weighted by Crippen LogP contribution is -2.22. The molecular weight excluding hydrogens is 412 g/mol. The number of rotatable bonds is 6. The zero-order valence-electron chi connectivity index (χ0n) is 15.9. The van der Waals surface area contributed by atoms with Gasteiger partial charge in [-0.2, -0.15) is 0 Å². The predicted octanol–water partition coefficient (Wildman–Crippen LogP) is 3.81. The third kappa shape index (κ3) is 4.83. The summed E-state index contributed by atoms with van der Waals surface area (Å²) in [5.74, 6) is 0.373. The van der Waals surface area contributed by atoms with Crippen LogP contribution in [0.4, 0.5) is 11.5 Å². The van der Waals surface area contributed by atoms with Crippen LogP contribution >= 0.6 is 11.6 Å². The van der Waals surface area contributed by atoms with Crippen molar-refractivity contribution in [3.8, 4) is 0 Å². The molecule has 0 amide bonds. The van der Waals surface area contributed by atoms with Gasteiger partial charge in [-0.3, -0.25) is 5.41 Å². The number of benzene rings is 1. The first-order valence-corrected chi connectivity index (χ1v) is 11.2. The molecule has 29 heavy (non-hydrogen) atoms. The molecule has 152 valence electrons. The van der Waals surface area contributed by atoms with Gasteiger partial charge in [0.25, 0.3) is 0 Å². The number of sulfone groups is 1. The Morgan fingerprint density at radius 1 is 1.38 bits per heavy atom. The van der Waals surface area contributed by atoms with Gasteiger partial charge in [-0.15, -0.1) is 0 Å². The average molecular weight is 433 g/mol. The lowest BCUT2D eigenvalue weighted by molar-refractivity contribution is -0.109. The second-order valence-corrected chi connectivity index (χ2v) is 9.38. The third-order valence-electron chi connectivity index (χ3n) is 4.73. The topological polar surface area (TPSA) is 112 Å². The van der Waals surface area contributed by atoms with Gasteiger partial charge in [0.05, 0.1) is 0 Å². The molecule has 1 aliphatic heterocycles. The van der Waals surface area contributed by atoms with E-state index in [1.54, 1.807) is 12.3 Å². The van der Waals surface area contributed by atoms with E-state index in [0.29, 0.717) is 16.5 Å². The Hall–Kier alpha value is -2.71. The van der Waals surface area contributed by atoms with Gasteiger partial charge in [0.15, 0.2) is 9.84 Å². The summed E-state index contributed by atoms with van der Waals surface area (Å²) in [5.41, 5.74) is 3.19. The van der Waals surface area contributed by atoms with E-state index >= 15 is 0 Å². The molecule has 2 heterocycles. The van der Waals surface area contributed by atoms with Crippen molar-refractivity contribution in [1.29, 1.82) is 5.41 Å². The van der Waals surface area contributed by atoms with Gasteiger partial charge < -0.3 is 15.4 Å². The number of halogens is 1. The summed E-state index contributed by atoms with van der Waals surface area (Å²) in [5, 5.41) is 13.9. The Morgan fingerprint density at radius 3 is 2.69 bits per heavy atom. The molecule has 0 saturated heterocycles. The van der Waals surface area contributed by atoms with Crippen molar-refractivity contribution < 1.29 is 13.2 Å². The number of fused-ring (bicyclic) bond motifs is 1. The van der Waals surface area contributed by atoms with E-state index in [2.05, 4.69) is 15.6 Å². The molecule has 1 aromatic carbocycles. The van der Waals surface area contributed by atoms with Gasteiger partial charge in [0, 0.05) is 23.9 Å². The van der Waals surface area contributed by atoms with E-state index in [0.717, 1.165) is 29.4 Å². The molecule has 1 aromatic heterocycles. The van der Waals surface area contributed by atoms with Crippen molar-refractivity contribution >= 4 is 50.3 Å². The van der Waals surface area contributed by atoms with E-state index in [9.17, 15) is 13.2 Å². The Morgan fingerprint density at radius 2 is 2.07 bits per heavy atom. The van der Waals surface area contributed by atoms with E-state index in [-0.39, 0.29) is 17.4 Å². The molecule has 0 bridgehead atoms. The van der Waals surface area contributed by atoms with Crippen molar-refractivity contribution in [2.75, 3.05) is 11.6 Å². The van der Waals surface area contributed by atoms with Crippen LogP contribution in [-0.2, 0) is 14.6 Å². The molecule has 3 rings (SSSR count). The minimum absolute atomic E-state index is 0.114. The lowest BCUT2D eigenvalue weighted by atomic mass is 9.97. The van der Waals surface area contributed by atoms with Crippen LogP contribution in [0.2, 0.25) is 5.15 Å². The Balaban J connectivity index is 1.82. The number of pyridine rings is 1. The van der Waals surface area contributed by atoms with Crippen molar-refractivity contribution in [2.45, 2.75) is 25.3 Å². The van der Waals surface area contributed by atoms with E-state index in [4.69, 9.17) is 17.0 Å². The summed E-state index contributed by atoms with van der Waals surface area (Å²) in [6, 6.07) is 8.60. The summed E-state index contributed by atoms with van der Waals surface area (Å²) in [6.45, 7) is 1.88. The van der Waals surface area contributed by atoms with E-state index in [1.807, 2.05) is 37.3 Å². The van der Waals surface area contributed by atoms with Crippen LogP contribution in [0, 0.1) is 5.41 Å². The minimum atomic E-state index is -3.47. The maximum atomic E-state index is 11.5. The van der Waals surface area contributed by atoms with E-state index in [1.165, 1.54) is 0 Å². The summed E-state index contributed by atoms with van der Waals surface area (Å²) < 4.78 is 22.9.